The van der Waals surface area contributed by atoms with Crippen molar-refractivity contribution in [3.8, 4) is 11.3 Å². The van der Waals surface area contributed by atoms with E-state index in [9.17, 15) is 13.2 Å². The van der Waals surface area contributed by atoms with E-state index >= 15 is 0 Å². The smallest absolute Gasteiger partial charge is 0.241 e. The molecule has 136 valence electrons. The van der Waals surface area contributed by atoms with Gasteiger partial charge in [0.15, 0.2) is 15.0 Å². The van der Waals surface area contributed by atoms with Crippen LogP contribution in [0.5, 0.6) is 0 Å². The van der Waals surface area contributed by atoms with Crippen LogP contribution in [0, 0.1) is 0 Å². The molecule has 0 aliphatic rings. The first-order valence-corrected chi connectivity index (χ1v) is 11.2. The molecule has 0 spiro atoms. The summed E-state index contributed by atoms with van der Waals surface area (Å²) in [5.74, 6) is -0.962. The molecule has 1 amide bonds. The third kappa shape index (κ3) is 6.25. The van der Waals surface area contributed by atoms with Crippen LogP contribution in [0.3, 0.4) is 0 Å². The SMILES string of the molecule is CCCCCS(=O)(=O)CC(=O)Nc1nc(-c2ccc(CC)cc2)cs1. The van der Waals surface area contributed by atoms with Crippen LogP contribution in [-0.2, 0) is 21.1 Å². The van der Waals surface area contributed by atoms with E-state index in [2.05, 4.69) is 29.4 Å². The molecule has 2 aromatic rings. The van der Waals surface area contributed by atoms with Crippen LogP contribution in [-0.4, -0.2) is 30.8 Å². The third-order valence-corrected chi connectivity index (χ3v) is 6.19. The number of carbonyl (C=O) groups excluding carboxylic acids is 1. The van der Waals surface area contributed by atoms with Gasteiger partial charge in [-0.15, -0.1) is 11.3 Å². The number of anilines is 1. The summed E-state index contributed by atoms with van der Waals surface area (Å²) in [5.41, 5.74) is 3.00. The van der Waals surface area contributed by atoms with Crippen LogP contribution in [0.1, 0.15) is 38.7 Å². The van der Waals surface area contributed by atoms with Gasteiger partial charge in [0.2, 0.25) is 5.91 Å². The first-order chi connectivity index (χ1) is 11.9. The molecule has 0 aliphatic carbocycles. The van der Waals surface area contributed by atoms with Crippen molar-refractivity contribution in [3.63, 3.8) is 0 Å². The Hall–Kier alpha value is -1.73. The molecule has 2 rings (SSSR count). The summed E-state index contributed by atoms with van der Waals surface area (Å²) >= 11 is 1.29. The molecule has 0 atom stereocenters. The number of thiazole rings is 1. The fourth-order valence-corrected chi connectivity index (χ4v) is 4.37. The summed E-state index contributed by atoms with van der Waals surface area (Å²) in [5, 5.41) is 4.86. The Kier molecular flexibility index (Phi) is 7.13. The number of carbonyl (C=O) groups is 1. The highest BCUT2D eigenvalue weighted by molar-refractivity contribution is 7.92. The van der Waals surface area contributed by atoms with Crippen molar-refractivity contribution in [1.29, 1.82) is 0 Å². The molecule has 0 saturated heterocycles. The Balaban J connectivity index is 1.94. The number of hydrogen-bond acceptors (Lipinski definition) is 5. The van der Waals surface area contributed by atoms with Crippen molar-refractivity contribution in [2.75, 3.05) is 16.8 Å². The molecule has 5 nitrogen and oxygen atoms in total. The summed E-state index contributed by atoms with van der Waals surface area (Å²) in [6, 6.07) is 8.10. The van der Waals surface area contributed by atoms with E-state index in [0.29, 0.717) is 11.6 Å². The fraction of sp³-hybridized carbons (Fsp3) is 0.444. The summed E-state index contributed by atoms with van der Waals surface area (Å²) in [6.07, 6.45) is 3.38. The Bertz CT molecular complexity index is 796. The van der Waals surface area contributed by atoms with Crippen molar-refractivity contribution in [2.45, 2.75) is 39.5 Å². The van der Waals surface area contributed by atoms with E-state index in [1.807, 2.05) is 24.4 Å². The Morgan fingerprint density at radius 3 is 2.52 bits per heavy atom. The van der Waals surface area contributed by atoms with E-state index in [4.69, 9.17) is 0 Å². The molecule has 25 heavy (non-hydrogen) atoms. The standard InChI is InChI=1S/C18H24N2O3S2/c1-3-5-6-11-25(22,23)13-17(21)20-18-19-16(12-24-18)15-9-7-14(4-2)8-10-15/h7-10,12H,3-6,11,13H2,1-2H3,(H,19,20,21). The van der Waals surface area contributed by atoms with Gasteiger partial charge in [-0.1, -0.05) is 51.0 Å². The van der Waals surface area contributed by atoms with Gasteiger partial charge in [0.25, 0.3) is 0 Å². The van der Waals surface area contributed by atoms with Crippen molar-refractivity contribution in [3.05, 3.63) is 35.2 Å². The number of benzene rings is 1. The second kappa shape index (κ2) is 9.10. The van der Waals surface area contributed by atoms with Gasteiger partial charge in [0.05, 0.1) is 11.4 Å². The van der Waals surface area contributed by atoms with Gasteiger partial charge < -0.3 is 5.32 Å². The Morgan fingerprint density at radius 1 is 1.16 bits per heavy atom. The number of unbranched alkanes of at least 4 members (excludes halogenated alkanes) is 2. The predicted molar refractivity (Wildman–Crippen MR) is 104 cm³/mol. The quantitative estimate of drug-likeness (QED) is 0.669. The summed E-state index contributed by atoms with van der Waals surface area (Å²) in [6.45, 7) is 4.11. The first kappa shape index (κ1) is 19.6. The van der Waals surface area contributed by atoms with Gasteiger partial charge in [-0.05, 0) is 18.4 Å². The zero-order valence-electron chi connectivity index (χ0n) is 14.6. The maximum atomic E-state index is 12.0. The van der Waals surface area contributed by atoms with Crippen LogP contribution in [0.15, 0.2) is 29.6 Å². The zero-order chi connectivity index (χ0) is 18.3. The summed E-state index contributed by atoms with van der Waals surface area (Å²) in [7, 11) is -3.36. The lowest BCUT2D eigenvalue weighted by molar-refractivity contribution is -0.113. The number of nitrogens with one attached hydrogen (secondary N) is 1. The molecular formula is C18H24N2O3S2. The molecular weight excluding hydrogens is 356 g/mol. The molecule has 0 unspecified atom stereocenters. The maximum Gasteiger partial charge on any atom is 0.241 e. The Morgan fingerprint density at radius 2 is 1.88 bits per heavy atom. The minimum absolute atomic E-state index is 0.0567. The highest BCUT2D eigenvalue weighted by Gasteiger charge is 2.17. The monoisotopic (exact) mass is 380 g/mol. The van der Waals surface area contributed by atoms with E-state index < -0.39 is 21.5 Å². The fourth-order valence-electron chi connectivity index (χ4n) is 2.37. The van der Waals surface area contributed by atoms with Gasteiger partial charge in [-0.25, -0.2) is 13.4 Å². The van der Waals surface area contributed by atoms with Crippen molar-refractivity contribution < 1.29 is 13.2 Å². The van der Waals surface area contributed by atoms with Gasteiger partial charge in [-0.2, -0.15) is 0 Å². The highest BCUT2D eigenvalue weighted by Crippen LogP contribution is 2.25. The molecule has 0 fully saturated rings. The minimum Gasteiger partial charge on any atom is -0.301 e. The van der Waals surface area contributed by atoms with Crippen molar-refractivity contribution in [1.82, 2.24) is 4.98 Å². The number of aromatic nitrogens is 1. The van der Waals surface area contributed by atoms with Crippen molar-refractivity contribution in [2.24, 2.45) is 0 Å². The topological polar surface area (TPSA) is 76.1 Å². The zero-order valence-corrected chi connectivity index (χ0v) is 16.3. The summed E-state index contributed by atoms with van der Waals surface area (Å²) in [4.78, 5) is 16.3. The average molecular weight is 381 g/mol. The van der Waals surface area contributed by atoms with E-state index in [1.54, 1.807) is 0 Å². The largest absolute Gasteiger partial charge is 0.301 e. The number of nitrogens with zero attached hydrogens (tertiary/aromatic N) is 1. The summed E-state index contributed by atoms with van der Waals surface area (Å²) < 4.78 is 23.8. The second-order valence-corrected chi connectivity index (χ2v) is 8.98. The van der Waals surface area contributed by atoms with Gasteiger partial charge in [0, 0.05) is 10.9 Å². The lowest BCUT2D eigenvalue weighted by Crippen LogP contribution is -2.24. The lowest BCUT2D eigenvalue weighted by atomic mass is 10.1. The average Bonchev–Trinajstić information content (AvgIpc) is 3.02. The first-order valence-electron chi connectivity index (χ1n) is 8.48. The number of aryl methyl sites for hydroxylation is 1. The maximum absolute atomic E-state index is 12.0. The minimum atomic E-state index is -3.36. The molecule has 1 aromatic carbocycles. The molecule has 0 bridgehead atoms. The molecule has 0 saturated carbocycles. The molecule has 0 aliphatic heterocycles. The van der Waals surface area contributed by atoms with E-state index in [1.165, 1.54) is 16.9 Å². The van der Waals surface area contributed by atoms with Crippen LogP contribution in [0.4, 0.5) is 5.13 Å². The number of hydrogen-bond donors (Lipinski definition) is 1. The normalized spacial score (nSPS) is 11.4. The molecule has 1 heterocycles. The third-order valence-electron chi connectivity index (χ3n) is 3.82. The number of amides is 1. The number of rotatable bonds is 9. The van der Waals surface area contributed by atoms with E-state index in [0.717, 1.165) is 30.5 Å². The molecule has 0 radical (unpaired) electrons. The van der Waals surface area contributed by atoms with E-state index in [-0.39, 0.29) is 5.75 Å². The predicted octanol–water partition coefficient (Wildman–Crippen LogP) is 3.92. The van der Waals surface area contributed by atoms with Crippen molar-refractivity contribution >= 4 is 32.2 Å². The van der Waals surface area contributed by atoms with Crippen LogP contribution >= 0.6 is 11.3 Å². The Labute approximate surface area is 153 Å². The van der Waals surface area contributed by atoms with Crippen LogP contribution in [0.25, 0.3) is 11.3 Å². The van der Waals surface area contributed by atoms with Crippen LogP contribution in [0.2, 0.25) is 0 Å². The van der Waals surface area contributed by atoms with Gasteiger partial charge >= 0.3 is 0 Å². The van der Waals surface area contributed by atoms with Gasteiger partial charge in [-0.3, -0.25) is 4.79 Å². The molecule has 1 aromatic heterocycles. The molecule has 7 heteroatoms. The molecule has 1 N–H and O–H groups in total. The van der Waals surface area contributed by atoms with Crippen LogP contribution < -0.4 is 5.32 Å². The lowest BCUT2D eigenvalue weighted by Gasteiger charge is -2.04. The number of sulfone groups is 1. The van der Waals surface area contributed by atoms with Gasteiger partial charge in [0.1, 0.15) is 5.75 Å². The second-order valence-electron chi connectivity index (χ2n) is 5.94. The highest BCUT2D eigenvalue weighted by atomic mass is 32.2.